The number of rotatable bonds is 10. The van der Waals surface area contributed by atoms with Gasteiger partial charge in [0, 0.05) is 46.0 Å². The summed E-state index contributed by atoms with van der Waals surface area (Å²) in [4.78, 5) is 28.4. The van der Waals surface area contributed by atoms with Crippen LogP contribution in [-0.2, 0) is 9.53 Å². The van der Waals surface area contributed by atoms with E-state index in [4.69, 9.17) is 14.2 Å². The summed E-state index contributed by atoms with van der Waals surface area (Å²) in [6.45, 7) is 5.10. The van der Waals surface area contributed by atoms with Crippen molar-refractivity contribution in [2.45, 2.75) is 32.6 Å². The summed E-state index contributed by atoms with van der Waals surface area (Å²) in [6, 6.07) is 5.09. The van der Waals surface area contributed by atoms with E-state index in [9.17, 15) is 9.59 Å². The molecule has 28 heavy (non-hydrogen) atoms. The van der Waals surface area contributed by atoms with Gasteiger partial charge in [-0.25, -0.2) is 0 Å². The Morgan fingerprint density at radius 2 is 1.86 bits per heavy atom. The Labute approximate surface area is 167 Å². The molecule has 0 unspecified atom stereocenters. The molecule has 1 aliphatic rings. The molecule has 1 aliphatic heterocycles. The predicted molar refractivity (Wildman–Crippen MR) is 107 cm³/mol. The first kappa shape index (κ1) is 22.0. The van der Waals surface area contributed by atoms with Gasteiger partial charge in [0.2, 0.25) is 0 Å². The number of benzene rings is 1. The van der Waals surface area contributed by atoms with Crippen LogP contribution in [0.15, 0.2) is 18.2 Å². The molecule has 0 atom stereocenters. The highest BCUT2D eigenvalue weighted by atomic mass is 16.5. The van der Waals surface area contributed by atoms with Gasteiger partial charge in [0.05, 0.1) is 6.61 Å². The molecule has 0 aliphatic carbocycles. The third-order valence-electron chi connectivity index (χ3n) is 4.74. The molecule has 0 spiro atoms. The highest BCUT2D eigenvalue weighted by Gasteiger charge is 2.19. The van der Waals surface area contributed by atoms with Crippen molar-refractivity contribution in [3.63, 3.8) is 0 Å². The van der Waals surface area contributed by atoms with E-state index < -0.39 is 0 Å². The fourth-order valence-electron chi connectivity index (χ4n) is 3.17. The number of piperidine rings is 1. The Kier molecular flexibility index (Phi) is 9.07. The average Bonchev–Trinajstić information content (AvgIpc) is 2.73. The summed E-state index contributed by atoms with van der Waals surface area (Å²) in [6.07, 6.45) is 4.04. The standard InChI is InChI=1S/C21H32N2O5/c1-4-27-19-15-17(21(25)22(2)11-8-14-26-3)9-10-18(19)28-16-20(24)23-12-6-5-7-13-23/h9-10,15H,4-8,11-14,16H2,1-3H3. The van der Waals surface area contributed by atoms with Gasteiger partial charge in [-0.3, -0.25) is 9.59 Å². The van der Waals surface area contributed by atoms with Crippen molar-refractivity contribution in [1.82, 2.24) is 9.80 Å². The van der Waals surface area contributed by atoms with Gasteiger partial charge in [0.25, 0.3) is 11.8 Å². The lowest BCUT2D eigenvalue weighted by atomic mass is 10.1. The lowest BCUT2D eigenvalue weighted by Crippen LogP contribution is -2.38. The van der Waals surface area contributed by atoms with Crippen molar-refractivity contribution in [1.29, 1.82) is 0 Å². The SMILES string of the molecule is CCOc1cc(C(=O)N(C)CCCOC)ccc1OCC(=O)N1CCCCC1. The molecule has 7 heteroatoms. The number of likely N-dealkylation sites (tertiary alicyclic amines) is 1. The third kappa shape index (κ3) is 6.41. The smallest absolute Gasteiger partial charge is 0.260 e. The molecule has 1 fully saturated rings. The van der Waals surface area contributed by atoms with Crippen LogP contribution in [0.4, 0.5) is 0 Å². The number of carbonyl (C=O) groups is 2. The largest absolute Gasteiger partial charge is 0.490 e. The molecule has 1 aromatic rings. The van der Waals surface area contributed by atoms with E-state index >= 15 is 0 Å². The first-order valence-electron chi connectivity index (χ1n) is 9.98. The van der Waals surface area contributed by atoms with Crippen LogP contribution in [0, 0.1) is 0 Å². The molecule has 156 valence electrons. The summed E-state index contributed by atoms with van der Waals surface area (Å²) in [7, 11) is 3.41. The maximum absolute atomic E-state index is 12.6. The number of hydrogen-bond donors (Lipinski definition) is 0. The normalized spacial score (nSPS) is 13.9. The van der Waals surface area contributed by atoms with Gasteiger partial charge < -0.3 is 24.0 Å². The van der Waals surface area contributed by atoms with Crippen molar-refractivity contribution in [2.75, 3.05) is 53.6 Å². The van der Waals surface area contributed by atoms with E-state index in [1.807, 2.05) is 11.8 Å². The molecule has 0 bridgehead atoms. The summed E-state index contributed by atoms with van der Waals surface area (Å²) in [5.41, 5.74) is 0.526. The Balaban J connectivity index is 2.00. The van der Waals surface area contributed by atoms with E-state index in [0.717, 1.165) is 32.4 Å². The molecule has 0 saturated carbocycles. The monoisotopic (exact) mass is 392 g/mol. The van der Waals surface area contributed by atoms with Gasteiger partial charge in [0.15, 0.2) is 18.1 Å². The number of carbonyl (C=O) groups excluding carboxylic acids is 2. The fraction of sp³-hybridized carbons (Fsp3) is 0.619. The number of methoxy groups -OCH3 is 1. The van der Waals surface area contributed by atoms with Crippen LogP contribution in [0.25, 0.3) is 0 Å². The van der Waals surface area contributed by atoms with E-state index in [1.54, 1.807) is 37.3 Å². The Morgan fingerprint density at radius 3 is 2.54 bits per heavy atom. The van der Waals surface area contributed by atoms with E-state index in [2.05, 4.69) is 0 Å². The molecular weight excluding hydrogens is 360 g/mol. The maximum atomic E-state index is 12.6. The quantitative estimate of drug-likeness (QED) is 0.573. The predicted octanol–water partition coefficient (Wildman–Crippen LogP) is 2.59. The van der Waals surface area contributed by atoms with Gasteiger partial charge in [-0.2, -0.15) is 0 Å². The van der Waals surface area contributed by atoms with Crippen molar-refractivity contribution in [2.24, 2.45) is 0 Å². The minimum Gasteiger partial charge on any atom is -0.490 e. The average molecular weight is 392 g/mol. The van der Waals surface area contributed by atoms with Crippen LogP contribution in [0.1, 0.15) is 43.0 Å². The van der Waals surface area contributed by atoms with Gasteiger partial charge in [-0.1, -0.05) is 0 Å². The minimum atomic E-state index is -0.0898. The number of ether oxygens (including phenoxy) is 3. The third-order valence-corrected chi connectivity index (χ3v) is 4.74. The Hall–Kier alpha value is -2.28. The summed E-state index contributed by atoms with van der Waals surface area (Å²) >= 11 is 0. The van der Waals surface area contributed by atoms with Gasteiger partial charge in [0.1, 0.15) is 0 Å². The number of amides is 2. The fourth-order valence-corrected chi connectivity index (χ4v) is 3.17. The van der Waals surface area contributed by atoms with Crippen LogP contribution in [0.5, 0.6) is 11.5 Å². The van der Waals surface area contributed by atoms with Gasteiger partial charge >= 0.3 is 0 Å². The van der Waals surface area contributed by atoms with Crippen molar-refractivity contribution < 1.29 is 23.8 Å². The van der Waals surface area contributed by atoms with Gasteiger partial charge in [-0.15, -0.1) is 0 Å². The van der Waals surface area contributed by atoms with Crippen molar-refractivity contribution in [3.05, 3.63) is 23.8 Å². The van der Waals surface area contributed by atoms with Crippen molar-refractivity contribution in [3.8, 4) is 11.5 Å². The van der Waals surface area contributed by atoms with Crippen LogP contribution < -0.4 is 9.47 Å². The van der Waals surface area contributed by atoms with Crippen LogP contribution in [0.3, 0.4) is 0 Å². The van der Waals surface area contributed by atoms with Crippen LogP contribution in [0.2, 0.25) is 0 Å². The molecule has 0 aromatic heterocycles. The first-order valence-corrected chi connectivity index (χ1v) is 9.98. The summed E-state index contributed by atoms with van der Waals surface area (Å²) in [5, 5.41) is 0. The van der Waals surface area contributed by atoms with E-state index in [0.29, 0.717) is 36.8 Å². The molecule has 2 amide bonds. The zero-order chi connectivity index (χ0) is 20.4. The minimum absolute atomic E-state index is 0.0137. The van der Waals surface area contributed by atoms with Crippen molar-refractivity contribution >= 4 is 11.8 Å². The second-order valence-electron chi connectivity index (χ2n) is 6.90. The Morgan fingerprint density at radius 1 is 1.11 bits per heavy atom. The van der Waals surface area contributed by atoms with E-state index in [-0.39, 0.29) is 18.4 Å². The molecule has 1 saturated heterocycles. The second-order valence-corrected chi connectivity index (χ2v) is 6.90. The summed E-state index contributed by atoms with van der Waals surface area (Å²) < 4.78 is 16.4. The summed E-state index contributed by atoms with van der Waals surface area (Å²) in [5.74, 6) is 0.851. The van der Waals surface area contributed by atoms with Crippen LogP contribution >= 0.6 is 0 Å². The lowest BCUT2D eigenvalue weighted by molar-refractivity contribution is -0.134. The van der Waals surface area contributed by atoms with Gasteiger partial charge in [-0.05, 0) is 50.8 Å². The molecule has 0 radical (unpaired) electrons. The molecule has 0 N–H and O–H groups in total. The maximum Gasteiger partial charge on any atom is 0.260 e. The second kappa shape index (κ2) is 11.5. The molecular formula is C21H32N2O5. The first-order chi connectivity index (χ1) is 13.6. The van der Waals surface area contributed by atoms with Crippen LogP contribution in [-0.4, -0.2) is 75.2 Å². The highest BCUT2D eigenvalue weighted by Crippen LogP contribution is 2.29. The number of hydrogen-bond acceptors (Lipinski definition) is 5. The lowest BCUT2D eigenvalue weighted by Gasteiger charge is -2.26. The topological polar surface area (TPSA) is 68.3 Å². The Bertz CT molecular complexity index is 644. The number of nitrogens with zero attached hydrogens (tertiary/aromatic N) is 2. The zero-order valence-corrected chi connectivity index (χ0v) is 17.2. The molecule has 2 rings (SSSR count). The highest BCUT2D eigenvalue weighted by molar-refractivity contribution is 5.94. The van der Waals surface area contributed by atoms with E-state index in [1.165, 1.54) is 6.42 Å². The molecule has 1 heterocycles. The zero-order valence-electron chi connectivity index (χ0n) is 17.2. The molecule has 1 aromatic carbocycles. The molecule has 7 nitrogen and oxygen atoms in total.